The number of fused-ring (bicyclic) bond motifs is 6. The molecule has 1 aromatic carbocycles. The maximum atomic E-state index is 14.5. The number of benzene rings is 1. The van der Waals surface area contributed by atoms with Gasteiger partial charge in [-0.15, -0.1) is 11.3 Å². The number of hydrogen-bond acceptors (Lipinski definition) is 11. The second-order valence-corrected chi connectivity index (χ2v) is 18.7. The first-order chi connectivity index (χ1) is 29.1. The van der Waals surface area contributed by atoms with E-state index < -0.39 is 41.3 Å². The Labute approximate surface area is 362 Å². The Morgan fingerprint density at radius 3 is 2.64 bits per heavy atom. The first-order valence-corrected chi connectivity index (χ1v) is 22.3. The molecule has 3 aliphatic heterocycles. The number of hydrazine groups is 1. The van der Waals surface area contributed by atoms with Crippen molar-refractivity contribution in [3.63, 3.8) is 0 Å². The number of likely N-dealkylation sites (tertiary alicyclic amines) is 1. The normalized spacial score (nSPS) is 20.8. The summed E-state index contributed by atoms with van der Waals surface area (Å²) in [6.07, 6.45) is 3.30. The maximum Gasteiger partial charge on any atom is 0.324 e. The summed E-state index contributed by atoms with van der Waals surface area (Å²) in [5, 5.41) is 11.4. The Morgan fingerprint density at radius 1 is 1.16 bits per heavy atom. The lowest BCUT2D eigenvalue weighted by atomic mass is 9.84. The van der Waals surface area contributed by atoms with Gasteiger partial charge in [0.25, 0.3) is 5.91 Å². The number of aryl methyl sites for hydroxylation is 1. The third-order valence-corrected chi connectivity index (χ3v) is 13.2. The van der Waals surface area contributed by atoms with Crippen molar-refractivity contribution in [2.45, 2.75) is 104 Å². The number of ether oxygens (including phenoxy) is 2. The average molecular weight is 856 g/mol. The number of carbonyl (C=O) groups is 4. The molecule has 1 unspecified atom stereocenters. The van der Waals surface area contributed by atoms with E-state index in [0.717, 1.165) is 44.7 Å². The fourth-order valence-electron chi connectivity index (χ4n) is 8.91. The number of methoxy groups -OCH3 is 1. The van der Waals surface area contributed by atoms with Crippen LogP contribution in [0.4, 0.5) is 4.79 Å². The summed E-state index contributed by atoms with van der Waals surface area (Å²) >= 11 is 1.43. The summed E-state index contributed by atoms with van der Waals surface area (Å²) in [7, 11) is 5.19. The van der Waals surface area contributed by atoms with Crippen LogP contribution in [0.2, 0.25) is 0 Å². The number of aromatic nitrogens is 3. The minimum atomic E-state index is -1.03. The van der Waals surface area contributed by atoms with Gasteiger partial charge < -0.3 is 34.5 Å². The highest BCUT2D eigenvalue weighted by Crippen LogP contribution is 2.42. The Hall–Kier alpha value is -4.90. The topological polar surface area (TPSA) is 163 Å². The van der Waals surface area contributed by atoms with Crippen LogP contribution in [0, 0.1) is 11.3 Å². The number of cyclic esters (lactones) is 1. The van der Waals surface area contributed by atoms with E-state index in [-0.39, 0.29) is 37.1 Å². The Balaban J connectivity index is 1.29. The van der Waals surface area contributed by atoms with Gasteiger partial charge in [-0.2, -0.15) is 0 Å². The summed E-state index contributed by atoms with van der Waals surface area (Å²) in [4.78, 5) is 69.2. The number of amides is 4. The predicted molar refractivity (Wildman–Crippen MR) is 236 cm³/mol. The van der Waals surface area contributed by atoms with Crippen molar-refractivity contribution >= 4 is 46.1 Å². The summed E-state index contributed by atoms with van der Waals surface area (Å²) < 4.78 is 14.2. The number of nitrogens with zero attached hydrogens (tertiary/aromatic N) is 6. The Morgan fingerprint density at radius 2 is 1.93 bits per heavy atom. The lowest BCUT2D eigenvalue weighted by molar-refractivity contribution is -0.155. The van der Waals surface area contributed by atoms with Crippen LogP contribution in [0.5, 0.6) is 0 Å². The summed E-state index contributed by atoms with van der Waals surface area (Å²) in [6.45, 7) is 14.4. The van der Waals surface area contributed by atoms with Crippen LogP contribution in [0.3, 0.4) is 0 Å². The van der Waals surface area contributed by atoms with Crippen LogP contribution in [0.1, 0.15) is 76.8 Å². The molecular formula is C45H61N9O6S. The van der Waals surface area contributed by atoms with E-state index in [1.807, 2.05) is 39.3 Å². The average Bonchev–Trinajstić information content (AvgIpc) is 3.82. The number of rotatable bonds is 9. The van der Waals surface area contributed by atoms with Crippen molar-refractivity contribution in [2.24, 2.45) is 11.3 Å². The molecule has 0 aliphatic carbocycles. The van der Waals surface area contributed by atoms with Crippen LogP contribution in [-0.4, -0.2) is 125 Å². The van der Waals surface area contributed by atoms with Crippen LogP contribution >= 0.6 is 11.3 Å². The largest absolute Gasteiger partial charge is 0.464 e. The van der Waals surface area contributed by atoms with E-state index in [2.05, 4.69) is 65.7 Å². The number of thiazole rings is 1. The zero-order valence-corrected chi connectivity index (χ0v) is 37.7. The molecule has 6 bridgehead atoms. The molecule has 0 radical (unpaired) electrons. The monoisotopic (exact) mass is 855 g/mol. The minimum Gasteiger partial charge on any atom is -0.464 e. The highest BCUT2D eigenvalue weighted by atomic mass is 32.1. The number of carbonyl (C=O) groups excluding carboxylic acids is 4. The second-order valence-electron chi connectivity index (χ2n) is 17.7. The summed E-state index contributed by atoms with van der Waals surface area (Å²) in [5.74, 6) is -1.51. The van der Waals surface area contributed by atoms with Crippen molar-refractivity contribution in [3.05, 3.63) is 58.2 Å². The fourth-order valence-corrected chi connectivity index (χ4v) is 9.76. The minimum absolute atomic E-state index is 0.112. The first kappa shape index (κ1) is 44.2. The molecule has 3 aliphatic rings. The van der Waals surface area contributed by atoms with E-state index in [4.69, 9.17) is 19.4 Å². The molecule has 4 aromatic rings. The molecule has 0 spiro atoms. The first-order valence-electron chi connectivity index (χ1n) is 21.5. The number of urea groups is 1. The molecule has 4 atom stereocenters. The van der Waals surface area contributed by atoms with Gasteiger partial charge in [-0.3, -0.25) is 24.4 Å². The molecule has 0 saturated carbocycles. The summed E-state index contributed by atoms with van der Waals surface area (Å²) in [5.41, 5.74) is 9.38. The van der Waals surface area contributed by atoms with Gasteiger partial charge in [0.05, 0.1) is 34.8 Å². The van der Waals surface area contributed by atoms with E-state index in [1.165, 1.54) is 21.2 Å². The van der Waals surface area contributed by atoms with Crippen LogP contribution < -0.4 is 16.1 Å². The highest BCUT2D eigenvalue weighted by molar-refractivity contribution is 7.10. The number of hydrogen-bond donors (Lipinski definition) is 3. The molecule has 4 amide bonds. The second kappa shape index (κ2) is 18.2. The molecule has 2 saturated heterocycles. The predicted octanol–water partition coefficient (Wildman–Crippen LogP) is 5.18. The van der Waals surface area contributed by atoms with Crippen molar-refractivity contribution in [2.75, 3.05) is 47.4 Å². The van der Waals surface area contributed by atoms with Crippen molar-refractivity contribution < 1.29 is 28.7 Å². The van der Waals surface area contributed by atoms with Crippen molar-refractivity contribution in [1.29, 1.82) is 0 Å². The molecule has 328 valence electrons. The lowest BCUT2D eigenvalue weighted by Crippen LogP contribution is -2.65. The molecule has 3 N–H and O–H groups in total. The smallest absolute Gasteiger partial charge is 0.324 e. The molecule has 2 fully saturated rings. The van der Waals surface area contributed by atoms with Crippen molar-refractivity contribution in [3.8, 4) is 22.5 Å². The fraction of sp³-hybridized carbons (Fsp3) is 0.556. The lowest BCUT2D eigenvalue weighted by Gasteiger charge is -2.43. The molecular weight excluding hydrogens is 795 g/mol. The van der Waals surface area contributed by atoms with Gasteiger partial charge in [0.15, 0.2) is 0 Å². The SMILES string of the molecule is CCn1c(-c2cccnc2[C@H](C)OC)c2c3cc(ccc31)-c1csc(n1)C[C@H](NC(=O)C(C(C)C)N(C)C(=O)N1CC(NC)C1)C(=O)N1CCC[C@H](N1)C(=O)OCC(C)(C)C2. The molecule has 3 aromatic heterocycles. The van der Waals surface area contributed by atoms with E-state index >= 15 is 0 Å². The summed E-state index contributed by atoms with van der Waals surface area (Å²) in [6, 6.07) is 7.79. The van der Waals surface area contributed by atoms with E-state index in [0.29, 0.717) is 50.4 Å². The quantitative estimate of drug-likeness (QED) is 0.191. The number of pyridine rings is 1. The molecule has 15 nitrogen and oxygen atoms in total. The molecule has 6 heterocycles. The van der Waals surface area contributed by atoms with E-state index in [1.54, 1.807) is 25.3 Å². The maximum absolute atomic E-state index is 14.5. The Bertz CT molecular complexity index is 2260. The van der Waals surface area contributed by atoms with Crippen molar-refractivity contribution in [1.82, 2.24) is 45.4 Å². The van der Waals surface area contributed by atoms with Gasteiger partial charge in [-0.1, -0.05) is 33.8 Å². The number of nitrogens with one attached hydrogen (secondary N) is 3. The zero-order chi connectivity index (χ0) is 43.7. The highest BCUT2D eigenvalue weighted by Gasteiger charge is 2.40. The third kappa shape index (κ3) is 9.04. The molecule has 61 heavy (non-hydrogen) atoms. The zero-order valence-electron chi connectivity index (χ0n) is 36.9. The number of likely N-dealkylation sites (N-methyl/N-ethyl adjacent to an activating group) is 2. The van der Waals surface area contributed by atoms with Gasteiger partial charge in [0.1, 0.15) is 18.1 Å². The van der Waals surface area contributed by atoms with Crippen LogP contribution in [-0.2, 0) is 43.2 Å². The Kier molecular flexibility index (Phi) is 13.2. The third-order valence-electron chi connectivity index (χ3n) is 12.3. The van der Waals surface area contributed by atoms with Crippen LogP contribution in [0.25, 0.3) is 33.4 Å². The molecule has 16 heteroatoms. The number of esters is 1. The van der Waals surface area contributed by atoms with Gasteiger partial charge in [0.2, 0.25) is 5.91 Å². The van der Waals surface area contributed by atoms with Gasteiger partial charge in [-0.05, 0) is 75.9 Å². The van der Waals surface area contributed by atoms with Crippen LogP contribution in [0.15, 0.2) is 41.9 Å². The van der Waals surface area contributed by atoms with Gasteiger partial charge >= 0.3 is 12.0 Å². The molecule has 7 rings (SSSR count). The standard InChI is InChI=1S/C45H61N9O6S/c1-10-53-36-16-15-28-19-31(36)32(40(53)30-13-11-17-47-38(30)27(4)59-9)21-45(5,6)25-60-43(57)33-14-12-18-54(50-33)42(56)34(20-37-48-35(28)24-61-37)49-41(55)39(26(2)3)51(8)44(58)52-22-29(23-52)46-7/h11,13,15-17,19,24,26-27,29,33-34,39,46,50H,10,12,14,18,20-23,25H2,1-9H3,(H,49,55)/t27-,33-,34-,39?/m0/s1. The van der Waals surface area contributed by atoms with E-state index in [9.17, 15) is 19.2 Å². The van der Waals surface area contributed by atoms with Gasteiger partial charge in [0, 0.05) is 91.8 Å². The van der Waals surface area contributed by atoms with Gasteiger partial charge in [-0.25, -0.2) is 15.2 Å².